The van der Waals surface area contributed by atoms with E-state index in [1.165, 1.54) is 42.1 Å². The van der Waals surface area contributed by atoms with Gasteiger partial charge in [-0.15, -0.1) is 11.3 Å². The van der Waals surface area contributed by atoms with E-state index < -0.39 is 0 Å². The van der Waals surface area contributed by atoms with Crippen molar-refractivity contribution in [3.8, 4) is 11.1 Å². The molecule has 0 radical (unpaired) electrons. The normalized spacial score (nSPS) is 11.6. The largest absolute Gasteiger partial charge is 0.456 e. The highest BCUT2D eigenvalue weighted by atomic mass is 32.1. The fourth-order valence-corrected chi connectivity index (χ4v) is 9.28. The van der Waals surface area contributed by atoms with Crippen molar-refractivity contribution in [2.75, 3.05) is 9.80 Å². The lowest BCUT2D eigenvalue weighted by Crippen LogP contribution is -2.10. The van der Waals surface area contributed by atoms with Crippen molar-refractivity contribution in [3.63, 3.8) is 0 Å². The molecule has 0 saturated heterocycles. The lowest BCUT2D eigenvalue weighted by atomic mass is 10.0. The number of hydrogen-bond acceptors (Lipinski definition) is 4. The highest BCUT2D eigenvalue weighted by molar-refractivity contribution is 7.26. The summed E-state index contributed by atoms with van der Waals surface area (Å²) in [5.41, 5.74) is 10.7. The molecule has 2 aromatic heterocycles. The molecule has 0 aliphatic rings. The summed E-state index contributed by atoms with van der Waals surface area (Å²) in [6.07, 6.45) is 0. The lowest BCUT2D eigenvalue weighted by Gasteiger charge is -2.27. The van der Waals surface area contributed by atoms with E-state index in [-0.39, 0.29) is 0 Å². The van der Waals surface area contributed by atoms with Crippen LogP contribution in [0.25, 0.3) is 64.0 Å². The Bertz CT molecular complexity index is 3160. The Morgan fingerprint density at radius 2 is 0.964 bits per heavy atom. The summed E-state index contributed by atoms with van der Waals surface area (Å²) in [6, 6.07) is 73.9. The molecule has 0 saturated carbocycles. The van der Waals surface area contributed by atoms with Gasteiger partial charge in [0.05, 0.1) is 5.69 Å². The van der Waals surface area contributed by atoms with Crippen molar-refractivity contribution in [2.45, 2.75) is 0 Å². The fraction of sp³-hybridized carbons (Fsp3) is 0. The average Bonchev–Trinajstić information content (AvgIpc) is 3.83. The predicted octanol–water partition coefficient (Wildman–Crippen LogP) is 15.7. The monoisotopic (exact) mass is 734 g/mol. The van der Waals surface area contributed by atoms with E-state index in [0.29, 0.717) is 0 Å². The molecule has 11 rings (SSSR count). The second-order valence-corrected chi connectivity index (χ2v) is 15.2. The maximum Gasteiger partial charge on any atom is 0.137 e. The summed E-state index contributed by atoms with van der Waals surface area (Å²) in [7, 11) is 0. The quantitative estimate of drug-likeness (QED) is 0.163. The predicted molar refractivity (Wildman–Crippen MR) is 239 cm³/mol. The zero-order valence-electron chi connectivity index (χ0n) is 30.3. The first kappa shape index (κ1) is 32.3. The Morgan fingerprint density at radius 1 is 0.339 bits per heavy atom. The summed E-state index contributed by atoms with van der Waals surface area (Å²) >= 11 is 1.84. The molecule has 0 spiro atoms. The van der Waals surface area contributed by atoms with Crippen LogP contribution in [0.1, 0.15) is 0 Å². The highest BCUT2D eigenvalue weighted by Crippen LogP contribution is 2.47. The molecule has 11 aromatic rings. The number of nitrogens with zero attached hydrogens (tertiary/aromatic N) is 2. The first-order valence-electron chi connectivity index (χ1n) is 18.9. The van der Waals surface area contributed by atoms with Gasteiger partial charge in [0.1, 0.15) is 11.2 Å². The molecule has 264 valence electrons. The van der Waals surface area contributed by atoms with Crippen LogP contribution in [0.5, 0.6) is 0 Å². The number of fused-ring (bicyclic) bond motifs is 7. The molecule has 0 atom stereocenters. The van der Waals surface area contributed by atoms with E-state index in [9.17, 15) is 0 Å². The smallest absolute Gasteiger partial charge is 0.137 e. The van der Waals surface area contributed by atoms with Gasteiger partial charge in [-0.2, -0.15) is 0 Å². The molecule has 0 aliphatic carbocycles. The first-order chi connectivity index (χ1) is 27.7. The Labute approximate surface area is 328 Å². The summed E-state index contributed by atoms with van der Waals surface area (Å²) in [6.45, 7) is 0. The van der Waals surface area contributed by atoms with Crippen LogP contribution in [0.2, 0.25) is 0 Å². The van der Waals surface area contributed by atoms with Crippen LogP contribution in [0.4, 0.5) is 34.1 Å². The molecule has 0 amide bonds. The van der Waals surface area contributed by atoms with E-state index in [2.05, 4.69) is 204 Å². The number of anilines is 6. The third-order valence-corrected chi connectivity index (χ3v) is 11.9. The number of furan rings is 1. The Balaban J connectivity index is 1.10. The molecular weight excluding hydrogens is 701 g/mol. The molecule has 0 N–H and O–H groups in total. The van der Waals surface area contributed by atoms with Crippen LogP contribution in [0, 0.1) is 0 Å². The van der Waals surface area contributed by atoms with Crippen LogP contribution in [-0.4, -0.2) is 0 Å². The second kappa shape index (κ2) is 13.3. The van der Waals surface area contributed by atoms with Gasteiger partial charge in [-0.05, 0) is 113 Å². The standard InChI is InChI=1S/C52H34N2OS/c1-3-14-39(15-4-1)54(40-16-5-2-6-17-40)47-19-11-21-51-52(47)46-33-42(29-31-50(46)56-51)53(43-28-30-45-44-18-9-10-20-48(44)55-49(45)34-43)41-26-24-36(25-27-41)38-23-22-35-12-7-8-13-37(35)32-38/h1-34H. The van der Waals surface area contributed by atoms with Crippen LogP contribution in [0.15, 0.2) is 211 Å². The van der Waals surface area contributed by atoms with Crippen molar-refractivity contribution in [3.05, 3.63) is 206 Å². The highest BCUT2D eigenvalue weighted by Gasteiger charge is 2.21. The van der Waals surface area contributed by atoms with E-state index >= 15 is 0 Å². The van der Waals surface area contributed by atoms with Crippen molar-refractivity contribution in [2.24, 2.45) is 0 Å². The van der Waals surface area contributed by atoms with Gasteiger partial charge in [0.25, 0.3) is 0 Å². The van der Waals surface area contributed by atoms with Gasteiger partial charge in [-0.3, -0.25) is 0 Å². The van der Waals surface area contributed by atoms with Gasteiger partial charge in [-0.1, -0.05) is 109 Å². The summed E-state index contributed by atoms with van der Waals surface area (Å²) in [4.78, 5) is 4.73. The van der Waals surface area contributed by atoms with E-state index in [4.69, 9.17) is 4.42 Å². The Morgan fingerprint density at radius 3 is 1.77 bits per heavy atom. The van der Waals surface area contributed by atoms with Gasteiger partial charge in [0, 0.05) is 65.4 Å². The van der Waals surface area contributed by atoms with Crippen LogP contribution in [0.3, 0.4) is 0 Å². The molecule has 0 unspecified atom stereocenters. The van der Waals surface area contributed by atoms with E-state index in [1.807, 2.05) is 23.5 Å². The molecular formula is C52H34N2OS. The van der Waals surface area contributed by atoms with Gasteiger partial charge < -0.3 is 14.2 Å². The molecule has 0 aliphatic heterocycles. The van der Waals surface area contributed by atoms with Gasteiger partial charge in [0.15, 0.2) is 0 Å². The van der Waals surface area contributed by atoms with Gasteiger partial charge in [0.2, 0.25) is 0 Å². The van der Waals surface area contributed by atoms with Crippen molar-refractivity contribution in [1.29, 1.82) is 0 Å². The van der Waals surface area contributed by atoms with E-state index in [0.717, 1.165) is 56.1 Å². The summed E-state index contributed by atoms with van der Waals surface area (Å²) < 4.78 is 8.94. The van der Waals surface area contributed by atoms with Crippen molar-refractivity contribution < 1.29 is 4.42 Å². The fourth-order valence-electron chi connectivity index (χ4n) is 8.18. The molecule has 0 fully saturated rings. The zero-order valence-corrected chi connectivity index (χ0v) is 31.2. The number of hydrogen-bond donors (Lipinski definition) is 0. The summed E-state index contributed by atoms with van der Waals surface area (Å²) in [5, 5.41) is 7.18. The number of benzene rings is 9. The van der Waals surface area contributed by atoms with Gasteiger partial charge >= 0.3 is 0 Å². The van der Waals surface area contributed by atoms with Crippen LogP contribution in [-0.2, 0) is 0 Å². The number of thiophene rings is 1. The third-order valence-electron chi connectivity index (χ3n) is 10.8. The summed E-state index contributed by atoms with van der Waals surface area (Å²) in [5.74, 6) is 0. The minimum atomic E-state index is 0.868. The lowest BCUT2D eigenvalue weighted by molar-refractivity contribution is 0.669. The SMILES string of the molecule is c1ccc(N(c2ccccc2)c2cccc3sc4ccc(N(c5ccc(-c6ccc7ccccc7c6)cc5)c5ccc6c(c5)oc5ccccc56)cc4c23)cc1. The molecule has 9 aromatic carbocycles. The number of para-hydroxylation sites is 3. The zero-order chi connectivity index (χ0) is 37.0. The molecule has 3 nitrogen and oxygen atoms in total. The minimum absolute atomic E-state index is 0.868. The topological polar surface area (TPSA) is 19.6 Å². The maximum atomic E-state index is 6.44. The second-order valence-electron chi connectivity index (χ2n) is 14.2. The molecule has 0 bridgehead atoms. The van der Waals surface area contributed by atoms with Crippen molar-refractivity contribution in [1.82, 2.24) is 0 Å². The molecule has 56 heavy (non-hydrogen) atoms. The molecule has 2 heterocycles. The minimum Gasteiger partial charge on any atom is -0.456 e. The van der Waals surface area contributed by atoms with Gasteiger partial charge in [-0.25, -0.2) is 0 Å². The Hall–Kier alpha value is -7.14. The van der Waals surface area contributed by atoms with E-state index in [1.54, 1.807) is 0 Å². The third kappa shape index (κ3) is 5.50. The van der Waals surface area contributed by atoms with Crippen LogP contribution >= 0.6 is 11.3 Å². The first-order valence-corrected chi connectivity index (χ1v) is 19.7. The van der Waals surface area contributed by atoms with Crippen LogP contribution < -0.4 is 9.80 Å². The average molecular weight is 735 g/mol. The molecule has 4 heteroatoms. The maximum absolute atomic E-state index is 6.44. The Kier molecular flexibility index (Phi) is 7.68. The van der Waals surface area contributed by atoms with Crippen molar-refractivity contribution >= 4 is 98.3 Å². The number of rotatable bonds is 7.